The Labute approximate surface area is 96.0 Å². The van der Waals surface area contributed by atoms with Crippen molar-refractivity contribution >= 4 is 0 Å². The summed E-state index contributed by atoms with van der Waals surface area (Å²) in [6.45, 7) is 8.07. The Balaban J connectivity index is 2.57. The van der Waals surface area contributed by atoms with Crippen molar-refractivity contribution in [3.8, 4) is 0 Å². The fourth-order valence-corrected chi connectivity index (χ4v) is 3.31. The van der Waals surface area contributed by atoms with E-state index < -0.39 is 0 Å². The van der Waals surface area contributed by atoms with Crippen molar-refractivity contribution < 1.29 is 0 Å². The van der Waals surface area contributed by atoms with E-state index in [0.29, 0.717) is 5.41 Å². The third-order valence-electron chi connectivity index (χ3n) is 4.34. The van der Waals surface area contributed by atoms with E-state index in [0.717, 1.165) is 12.6 Å². The van der Waals surface area contributed by atoms with E-state index in [1.807, 2.05) is 0 Å². The SMILES string of the molecule is CCCCC(NCC)C1(CC)CCCC1. The number of hydrogen-bond donors (Lipinski definition) is 1. The van der Waals surface area contributed by atoms with Crippen LogP contribution in [0, 0.1) is 5.41 Å². The minimum absolute atomic E-state index is 0.644. The van der Waals surface area contributed by atoms with Gasteiger partial charge in [-0.15, -0.1) is 0 Å². The van der Waals surface area contributed by atoms with E-state index in [2.05, 4.69) is 26.1 Å². The minimum Gasteiger partial charge on any atom is -0.314 e. The Morgan fingerprint density at radius 3 is 2.27 bits per heavy atom. The maximum absolute atomic E-state index is 3.75. The molecule has 0 amide bonds. The molecule has 0 aromatic heterocycles. The van der Waals surface area contributed by atoms with Crippen LogP contribution >= 0.6 is 0 Å². The van der Waals surface area contributed by atoms with E-state index in [1.165, 1.54) is 51.4 Å². The highest BCUT2D eigenvalue weighted by Crippen LogP contribution is 2.45. The summed E-state index contributed by atoms with van der Waals surface area (Å²) < 4.78 is 0. The normalized spacial score (nSPS) is 21.8. The summed E-state index contributed by atoms with van der Waals surface area (Å²) in [6, 6.07) is 0.787. The van der Waals surface area contributed by atoms with Gasteiger partial charge in [-0.1, -0.05) is 46.5 Å². The van der Waals surface area contributed by atoms with Gasteiger partial charge in [0.1, 0.15) is 0 Å². The summed E-state index contributed by atoms with van der Waals surface area (Å²) >= 11 is 0. The zero-order chi connectivity index (χ0) is 11.1. The lowest BCUT2D eigenvalue weighted by Crippen LogP contribution is -2.43. The second-order valence-electron chi connectivity index (χ2n) is 5.18. The molecule has 0 radical (unpaired) electrons. The largest absolute Gasteiger partial charge is 0.314 e. The molecule has 1 saturated carbocycles. The standard InChI is InChI=1S/C14H29N/c1-4-7-10-13(15-6-3)14(5-2)11-8-9-12-14/h13,15H,4-12H2,1-3H3. The molecule has 0 aliphatic heterocycles. The number of nitrogens with one attached hydrogen (secondary N) is 1. The molecular formula is C14H29N. The number of rotatable bonds is 7. The van der Waals surface area contributed by atoms with E-state index >= 15 is 0 Å². The van der Waals surface area contributed by atoms with Gasteiger partial charge in [0.05, 0.1) is 0 Å². The van der Waals surface area contributed by atoms with Gasteiger partial charge in [-0.3, -0.25) is 0 Å². The molecule has 1 rings (SSSR count). The van der Waals surface area contributed by atoms with Crippen LogP contribution < -0.4 is 5.32 Å². The fourth-order valence-electron chi connectivity index (χ4n) is 3.31. The van der Waals surface area contributed by atoms with Crippen LogP contribution in [0.15, 0.2) is 0 Å². The summed E-state index contributed by atoms with van der Waals surface area (Å²) in [5, 5.41) is 3.75. The van der Waals surface area contributed by atoms with Crippen LogP contribution in [0.25, 0.3) is 0 Å². The molecule has 1 atom stereocenters. The first-order chi connectivity index (χ1) is 7.29. The molecule has 1 aliphatic rings. The van der Waals surface area contributed by atoms with E-state index in [1.54, 1.807) is 0 Å². The first-order valence-corrected chi connectivity index (χ1v) is 7.02. The molecule has 0 aromatic carbocycles. The highest BCUT2D eigenvalue weighted by atomic mass is 14.9. The Bertz CT molecular complexity index is 159. The van der Waals surface area contributed by atoms with Crippen LogP contribution in [0.4, 0.5) is 0 Å². The van der Waals surface area contributed by atoms with Crippen molar-refractivity contribution in [2.24, 2.45) is 5.41 Å². The molecule has 1 heteroatoms. The van der Waals surface area contributed by atoms with Gasteiger partial charge >= 0.3 is 0 Å². The molecular weight excluding hydrogens is 182 g/mol. The first kappa shape index (κ1) is 13.0. The lowest BCUT2D eigenvalue weighted by atomic mass is 9.74. The van der Waals surface area contributed by atoms with Crippen molar-refractivity contribution in [2.45, 2.75) is 78.2 Å². The van der Waals surface area contributed by atoms with Crippen LogP contribution in [0.5, 0.6) is 0 Å². The maximum Gasteiger partial charge on any atom is 0.0123 e. The van der Waals surface area contributed by atoms with Crippen molar-refractivity contribution in [2.75, 3.05) is 6.54 Å². The lowest BCUT2D eigenvalue weighted by Gasteiger charge is -2.37. The average molecular weight is 211 g/mol. The quantitative estimate of drug-likeness (QED) is 0.668. The zero-order valence-corrected chi connectivity index (χ0v) is 10.9. The van der Waals surface area contributed by atoms with Gasteiger partial charge in [-0.05, 0) is 37.6 Å². The third-order valence-corrected chi connectivity index (χ3v) is 4.34. The number of unbranched alkanes of at least 4 members (excludes halogenated alkanes) is 1. The van der Waals surface area contributed by atoms with Crippen LogP contribution in [0.2, 0.25) is 0 Å². The molecule has 0 saturated heterocycles. The third kappa shape index (κ3) is 3.21. The van der Waals surface area contributed by atoms with Gasteiger partial charge in [0.15, 0.2) is 0 Å². The summed E-state index contributed by atoms with van der Waals surface area (Å²) in [7, 11) is 0. The van der Waals surface area contributed by atoms with Crippen molar-refractivity contribution in [3.05, 3.63) is 0 Å². The summed E-state index contributed by atoms with van der Waals surface area (Å²) in [5.41, 5.74) is 0.644. The smallest absolute Gasteiger partial charge is 0.0123 e. The second-order valence-corrected chi connectivity index (χ2v) is 5.18. The first-order valence-electron chi connectivity index (χ1n) is 7.02. The number of hydrogen-bond acceptors (Lipinski definition) is 1. The van der Waals surface area contributed by atoms with Crippen LogP contribution in [-0.2, 0) is 0 Å². The summed E-state index contributed by atoms with van der Waals surface area (Å²) in [6.07, 6.45) is 11.3. The minimum atomic E-state index is 0.644. The van der Waals surface area contributed by atoms with Gasteiger partial charge in [0, 0.05) is 6.04 Å². The molecule has 0 spiro atoms. The molecule has 1 N–H and O–H groups in total. The predicted molar refractivity (Wildman–Crippen MR) is 68.2 cm³/mol. The zero-order valence-electron chi connectivity index (χ0n) is 10.9. The van der Waals surface area contributed by atoms with Crippen molar-refractivity contribution in [3.63, 3.8) is 0 Å². The molecule has 0 bridgehead atoms. The molecule has 0 aromatic rings. The van der Waals surface area contributed by atoms with Gasteiger partial charge < -0.3 is 5.32 Å². The van der Waals surface area contributed by atoms with E-state index in [4.69, 9.17) is 0 Å². The van der Waals surface area contributed by atoms with E-state index in [9.17, 15) is 0 Å². The molecule has 1 unspecified atom stereocenters. The molecule has 15 heavy (non-hydrogen) atoms. The lowest BCUT2D eigenvalue weighted by molar-refractivity contribution is 0.176. The molecule has 0 heterocycles. The van der Waals surface area contributed by atoms with E-state index in [-0.39, 0.29) is 0 Å². The molecule has 1 aliphatic carbocycles. The van der Waals surface area contributed by atoms with Gasteiger partial charge in [-0.25, -0.2) is 0 Å². The average Bonchev–Trinajstić information content (AvgIpc) is 2.74. The Hall–Kier alpha value is -0.0400. The molecule has 1 fully saturated rings. The fraction of sp³-hybridized carbons (Fsp3) is 1.00. The Morgan fingerprint density at radius 1 is 1.13 bits per heavy atom. The Kier molecular flexibility index (Phi) is 5.66. The summed E-state index contributed by atoms with van der Waals surface area (Å²) in [4.78, 5) is 0. The topological polar surface area (TPSA) is 12.0 Å². The second kappa shape index (κ2) is 6.52. The van der Waals surface area contributed by atoms with Crippen LogP contribution in [-0.4, -0.2) is 12.6 Å². The highest BCUT2D eigenvalue weighted by molar-refractivity contribution is 4.93. The molecule has 1 nitrogen and oxygen atoms in total. The van der Waals surface area contributed by atoms with Gasteiger partial charge in [-0.2, -0.15) is 0 Å². The maximum atomic E-state index is 3.75. The van der Waals surface area contributed by atoms with Crippen LogP contribution in [0.1, 0.15) is 72.1 Å². The highest BCUT2D eigenvalue weighted by Gasteiger charge is 2.38. The summed E-state index contributed by atoms with van der Waals surface area (Å²) in [5.74, 6) is 0. The molecule has 90 valence electrons. The van der Waals surface area contributed by atoms with Gasteiger partial charge in [0.25, 0.3) is 0 Å². The van der Waals surface area contributed by atoms with Crippen LogP contribution in [0.3, 0.4) is 0 Å². The van der Waals surface area contributed by atoms with Crippen molar-refractivity contribution in [1.29, 1.82) is 0 Å². The monoisotopic (exact) mass is 211 g/mol. The predicted octanol–water partition coefficient (Wildman–Crippen LogP) is 4.13. The van der Waals surface area contributed by atoms with Crippen molar-refractivity contribution in [1.82, 2.24) is 5.32 Å². The van der Waals surface area contributed by atoms with Gasteiger partial charge in [0.2, 0.25) is 0 Å². The Morgan fingerprint density at radius 2 is 1.80 bits per heavy atom.